The third-order valence-electron chi connectivity index (χ3n) is 5.27. The van der Waals surface area contributed by atoms with Gasteiger partial charge in [0.2, 0.25) is 0 Å². The lowest BCUT2D eigenvalue weighted by Gasteiger charge is -2.47. The van der Waals surface area contributed by atoms with Gasteiger partial charge in [0, 0.05) is 21.9 Å². The van der Waals surface area contributed by atoms with Gasteiger partial charge < -0.3 is 14.0 Å². The van der Waals surface area contributed by atoms with Crippen LogP contribution in [0.3, 0.4) is 0 Å². The molecule has 7 heteroatoms. The van der Waals surface area contributed by atoms with Crippen LogP contribution in [0.15, 0.2) is 46.5 Å². The Kier molecular flexibility index (Phi) is 4.66. The van der Waals surface area contributed by atoms with Gasteiger partial charge in [-0.2, -0.15) is 0 Å². The lowest BCUT2D eigenvalue weighted by atomic mass is 9.75. The van der Waals surface area contributed by atoms with E-state index < -0.39 is 30.2 Å². The number of ether oxygens (including phenoxy) is 2. The highest BCUT2D eigenvalue weighted by atomic mass is 35.5. The number of carbonyl (C=O) groups is 2. The Labute approximate surface area is 157 Å². The van der Waals surface area contributed by atoms with Gasteiger partial charge in [-0.15, -0.1) is 0 Å². The van der Waals surface area contributed by atoms with Gasteiger partial charge in [0.05, 0.1) is 31.0 Å². The first-order valence-electron chi connectivity index (χ1n) is 8.14. The van der Waals surface area contributed by atoms with Crippen molar-refractivity contribution >= 4 is 36.0 Å². The number of methoxy groups -OCH3 is 2. The Morgan fingerprint density at radius 1 is 1.19 bits per heavy atom. The minimum atomic E-state index is -3.10. The predicted octanol–water partition coefficient (Wildman–Crippen LogP) is 3.15. The van der Waals surface area contributed by atoms with Crippen molar-refractivity contribution in [3.63, 3.8) is 0 Å². The summed E-state index contributed by atoms with van der Waals surface area (Å²) in [5, 5.41) is 1.09. The molecule has 4 rings (SSSR count). The summed E-state index contributed by atoms with van der Waals surface area (Å²) in [6, 6.07) is 7.39. The number of rotatable bonds is 3. The molecule has 1 aromatic carbocycles. The molecule has 0 saturated heterocycles. The highest BCUT2D eigenvalue weighted by Crippen LogP contribution is 2.68. The molecule has 3 atom stereocenters. The van der Waals surface area contributed by atoms with Crippen molar-refractivity contribution in [2.45, 2.75) is 19.5 Å². The average molecular weight is 395 g/mol. The Morgan fingerprint density at radius 3 is 2.38 bits per heavy atom. The van der Waals surface area contributed by atoms with Crippen molar-refractivity contribution < 1.29 is 23.6 Å². The summed E-state index contributed by atoms with van der Waals surface area (Å²) in [6.45, 7) is 3.61. The smallest absolute Gasteiger partial charge is 0.335 e. The lowest BCUT2D eigenvalue weighted by Crippen LogP contribution is -2.46. The molecule has 0 aromatic heterocycles. The van der Waals surface area contributed by atoms with Gasteiger partial charge in [0.25, 0.3) is 0 Å². The number of halogens is 1. The molecule has 26 heavy (non-hydrogen) atoms. The number of esters is 2. The van der Waals surface area contributed by atoms with Gasteiger partial charge in [-0.05, 0) is 19.4 Å². The molecule has 2 heterocycles. The first-order valence-corrected chi connectivity index (χ1v) is 10.5. The van der Waals surface area contributed by atoms with Crippen molar-refractivity contribution in [2.24, 2.45) is 5.41 Å². The number of hydrogen-bond acceptors (Lipinski definition) is 5. The summed E-state index contributed by atoms with van der Waals surface area (Å²) < 4.78 is 24.0. The molecule has 0 N–H and O–H groups in total. The van der Waals surface area contributed by atoms with Crippen LogP contribution in [0.5, 0.6) is 0 Å². The number of allylic oxidation sites excluding steroid dienone is 2. The van der Waals surface area contributed by atoms with E-state index >= 15 is 0 Å². The number of hydrogen-bond donors (Lipinski definition) is 0. The Bertz CT molecular complexity index is 916. The molecule has 138 valence electrons. The van der Waals surface area contributed by atoms with Crippen LogP contribution in [0.1, 0.15) is 12.5 Å². The largest absolute Gasteiger partial charge is 0.466 e. The van der Waals surface area contributed by atoms with Crippen LogP contribution in [0, 0.1) is 12.3 Å². The Hall–Kier alpha value is -1.84. The second-order valence-electron chi connectivity index (χ2n) is 6.80. The minimum Gasteiger partial charge on any atom is -0.466 e. The SMILES string of the molecule is COC(=O)C1=C(C(=O)OC)C2(C)CP(=O)(c3ccccc3C)C1C=C2Cl. The van der Waals surface area contributed by atoms with Crippen molar-refractivity contribution in [3.05, 3.63) is 52.1 Å². The maximum atomic E-state index is 14.2. The fourth-order valence-corrected chi connectivity index (χ4v) is 8.47. The van der Waals surface area contributed by atoms with Crippen LogP contribution in [-0.4, -0.2) is 38.0 Å². The Balaban J connectivity index is 2.34. The summed E-state index contributed by atoms with van der Waals surface area (Å²) in [4.78, 5) is 25.0. The molecule has 2 aliphatic heterocycles. The maximum Gasteiger partial charge on any atom is 0.335 e. The van der Waals surface area contributed by atoms with E-state index in [1.165, 1.54) is 14.2 Å². The minimum absolute atomic E-state index is 0.0871. The van der Waals surface area contributed by atoms with E-state index in [0.29, 0.717) is 10.3 Å². The number of aryl methyl sites for hydroxylation is 1. The first kappa shape index (κ1) is 18.9. The van der Waals surface area contributed by atoms with E-state index in [9.17, 15) is 14.2 Å². The molecule has 3 unspecified atom stereocenters. The van der Waals surface area contributed by atoms with E-state index in [1.807, 2.05) is 31.2 Å². The molecule has 5 nitrogen and oxygen atoms in total. The van der Waals surface area contributed by atoms with Gasteiger partial charge in [0.15, 0.2) is 0 Å². The number of carbonyl (C=O) groups excluding carboxylic acids is 2. The molecule has 0 fully saturated rings. The first-order chi connectivity index (χ1) is 12.2. The number of fused-ring (bicyclic) bond motifs is 1. The van der Waals surface area contributed by atoms with Crippen LogP contribution in [0.2, 0.25) is 0 Å². The van der Waals surface area contributed by atoms with E-state index in [1.54, 1.807) is 13.0 Å². The normalized spacial score (nSPS) is 30.0. The summed E-state index contributed by atoms with van der Waals surface area (Å²) in [7, 11) is -0.625. The second kappa shape index (κ2) is 6.40. The predicted molar refractivity (Wildman–Crippen MR) is 100 cm³/mol. The third-order valence-corrected chi connectivity index (χ3v) is 9.54. The molecule has 3 aliphatic rings. The van der Waals surface area contributed by atoms with Crippen LogP contribution < -0.4 is 5.30 Å². The molecule has 0 radical (unpaired) electrons. The molecular weight excluding hydrogens is 375 g/mol. The quantitative estimate of drug-likeness (QED) is 0.582. The van der Waals surface area contributed by atoms with Crippen molar-refractivity contribution in [3.8, 4) is 0 Å². The zero-order valence-corrected chi connectivity index (χ0v) is 16.7. The molecular formula is C19H20ClO5P. The summed E-state index contributed by atoms with van der Waals surface area (Å²) >= 11 is 6.46. The standard InChI is InChI=1S/C19H20ClO5P/c1-11-7-5-6-8-12(11)26(23)10-19(2)14(20)9-13(26)15(17(21)24-3)16(19)18(22)25-4/h5-9,13H,10H2,1-4H3. The van der Waals surface area contributed by atoms with Crippen LogP contribution >= 0.6 is 18.7 Å². The molecule has 0 amide bonds. The third kappa shape index (κ3) is 2.49. The van der Waals surface area contributed by atoms with Gasteiger partial charge in [-0.25, -0.2) is 9.59 Å². The fraction of sp³-hybridized carbons (Fsp3) is 0.368. The van der Waals surface area contributed by atoms with E-state index in [2.05, 4.69) is 0 Å². The highest BCUT2D eigenvalue weighted by Gasteiger charge is 2.59. The maximum absolute atomic E-state index is 14.2. The molecule has 0 saturated carbocycles. The molecule has 2 bridgehead atoms. The van der Waals surface area contributed by atoms with Crippen molar-refractivity contribution in [1.29, 1.82) is 0 Å². The average Bonchev–Trinajstić information content (AvgIpc) is 2.61. The van der Waals surface area contributed by atoms with E-state index in [0.717, 1.165) is 5.56 Å². The topological polar surface area (TPSA) is 69.7 Å². The molecule has 0 spiro atoms. The van der Waals surface area contributed by atoms with Crippen LogP contribution in [-0.2, 0) is 23.6 Å². The summed E-state index contributed by atoms with van der Waals surface area (Å²) in [6.07, 6.45) is 1.80. The second-order valence-corrected chi connectivity index (χ2v) is 10.2. The Morgan fingerprint density at radius 2 is 1.81 bits per heavy atom. The van der Waals surface area contributed by atoms with Crippen molar-refractivity contribution in [1.82, 2.24) is 0 Å². The number of benzene rings is 1. The zero-order chi connectivity index (χ0) is 19.3. The van der Waals surface area contributed by atoms with E-state index in [4.69, 9.17) is 21.1 Å². The highest BCUT2D eigenvalue weighted by molar-refractivity contribution is 7.73. The van der Waals surface area contributed by atoms with Crippen molar-refractivity contribution in [2.75, 3.05) is 20.4 Å². The van der Waals surface area contributed by atoms with Crippen LogP contribution in [0.4, 0.5) is 0 Å². The van der Waals surface area contributed by atoms with Gasteiger partial charge in [-0.1, -0.05) is 41.9 Å². The van der Waals surface area contributed by atoms with Gasteiger partial charge >= 0.3 is 11.9 Å². The van der Waals surface area contributed by atoms with Gasteiger partial charge in [-0.3, -0.25) is 0 Å². The lowest BCUT2D eigenvalue weighted by molar-refractivity contribution is -0.140. The summed E-state index contributed by atoms with van der Waals surface area (Å²) in [5.74, 6) is -1.34. The summed E-state index contributed by atoms with van der Waals surface area (Å²) in [5.41, 5.74) is -0.765. The zero-order valence-electron chi connectivity index (χ0n) is 15.0. The van der Waals surface area contributed by atoms with Crippen LogP contribution in [0.25, 0.3) is 0 Å². The molecule has 1 aliphatic carbocycles. The molecule has 1 aromatic rings. The monoisotopic (exact) mass is 394 g/mol. The van der Waals surface area contributed by atoms with E-state index in [-0.39, 0.29) is 17.3 Å². The van der Waals surface area contributed by atoms with Gasteiger partial charge in [0.1, 0.15) is 7.14 Å². The fourth-order valence-electron chi connectivity index (χ4n) is 4.02.